The summed E-state index contributed by atoms with van der Waals surface area (Å²) < 4.78 is 0. The normalized spacial score (nSPS) is 19.2. The highest BCUT2D eigenvalue weighted by atomic mass is 32.2. The van der Waals surface area contributed by atoms with E-state index >= 15 is 0 Å². The second-order valence-corrected chi connectivity index (χ2v) is 5.96. The molecule has 1 atom stereocenters. The summed E-state index contributed by atoms with van der Waals surface area (Å²) in [7, 11) is 0. The van der Waals surface area contributed by atoms with Crippen molar-refractivity contribution in [3.63, 3.8) is 0 Å². The maximum absolute atomic E-state index is 4.56. The van der Waals surface area contributed by atoms with Gasteiger partial charge in [0.1, 0.15) is 0 Å². The topological polar surface area (TPSA) is 24.4 Å². The molecule has 0 aliphatic carbocycles. The highest BCUT2D eigenvalue weighted by Gasteiger charge is 2.18. The standard InChI is InChI=1S/C14H20N2S/c1-4-5-13-9-15-14(17-13)16-12-7-10(2)6-11(3)8-12/h6-8,13H,4-5,9H2,1-3H3,(H,15,16). The van der Waals surface area contributed by atoms with Crippen LogP contribution in [0.4, 0.5) is 5.69 Å². The molecule has 0 saturated heterocycles. The number of anilines is 1. The minimum Gasteiger partial charge on any atom is -0.335 e. The molecule has 1 N–H and O–H groups in total. The van der Waals surface area contributed by atoms with E-state index < -0.39 is 0 Å². The average molecular weight is 248 g/mol. The van der Waals surface area contributed by atoms with Gasteiger partial charge >= 0.3 is 0 Å². The van der Waals surface area contributed by atoms with Gasteiger partial charge in [-0.05, 0) is 43.5 Å². The Morgan fingerprint density at radius 2 is 2.00 bits per heavy atom. The predicted octanol–water partition coefficient (Wildman–Crippen LogP) is 3.99. The predicted molar refractivity (Wildman–Crippen MR) is 78.1 cm³/mol. The SMILES string of the molecule is CCCC1CN=C(Nc2cc(C)cc(C)c2)S1. The molecule has 0 saturated carbocycles. The van der Waals surface area contributed by atoms with Gasteiger partial charge in [0.2, 0.25) is 0 Å². The molecular weight excluding hydrogens is 228 g/mol. The Labute approximate surface area is 108 Å². The third kappa shape index (κ3) is 3.50. The van der Waals surface area contributed by atoms with Crippen molar-refractivity contribution in [3.05, 3.63) is 29.3 Å². The maximum atomic E-state index is 4.56. The van der Waals surface area contributed by atoms with E-state index in [1.807, 2.05) is 11.8 Å². The van der Waals surface area contributed by atoms with Crippen molar-refractivity contribution in [1.82, 2.24) is 0 Å². The quantitative estimate of drug-likeness (QED) is 0.874. The van der Waals surface area contributed by atoms with E-state index in [9.17, 15) is 0 Å². The van der Waals surface area contributed by atoms with Gasteiger partial charge in [0.15, 0.2) is 5.17 Å². The summed E-state index contributed by atoms with van der Waals surface area (Å²) in [4.78, 5) is 4.56. The van der Waals surface area contributed by atoms with Crippen molar-refractivity contribution in [2.45, 2.75) is 38.9 Å². The van der Waals surface area contributed by atoms with E-state index in [0.29, 0.717) is 5.25 Å². The first-order valence-corrected chi connectivity index (χ1v) is 7.11. The molecule has 2 nitrogen and oxygen atoms in total. The first-order chi connectivity index (χ1) is 8.17. The van der Waals surface area contributed by atoms with Crippen LogP contribution < -0.4 is 5.32 Å². The monoisotopic (exact) mass is 248 g/mol. The van der Waals surface area contributed by atoms with Crippen LogP contribution in [0.3, 0.4) is 0 Å². The van der Waals surface area contributed by atoms with Gasteiger partial charge in [-0.2, -0.15) is 0 Å². The number of nitrogens with zero attached hydrogens (tertiary/aromatic N) is 1. The molecule has 2 rings (SSSR count). The van der Waals surface area contributed by atoms with Crippen LogP contribution in [-0.4, -0.2) is 17.0 Å². The van der Waals surface area contributed by atoms with Crippen LogP contribution in [0.1, 0.15) is 30.9 Å². The highest BCUT2D eigenvalue weighted by molar-refractivity contribution is 8.15. The Morgan fingerprint density at radius 1 is 1.29 bits per heavy atom. The fourth-order valence-corrected chi connectivity index (χ4v) is 3.27. The van der Waals surface area contributed by atoms with Crippen molar-refractivity contribution >= 4 is 22.6 Å². The van der Waals surface area contributed by atoms with Gasteiger partial charge in [-0.15, -0.1) is 0 Å². The van der Waals surface area contributed by atoms with E-state index in [2.05, 4.69) is 49.3 Å². The van der Waals surface area contributed by atoms with Crippen molar-refractivity contribution < 1.29 is 0 Å². The van der Waals surface area contributed by atoms with Crippen LogP contribution in [-0.2, 0) is 0 Å². The molecular formula is C14H20N2S. The van der Waals surface area contributed by atoms with Gasteiger partial charge < -0.3 is 5.32 Å². The van der Waals surface area contributed by atoms with Crippen LogP contribution in [0.25, 0.3) is 0 Å². The Hall–Kier alpha value is -0.960. The number of hydrogen-bond donors (Lipinski definition) is 1. The number of nitrogens with one attached hydrogen (secondary N) is 1. The van der Waals surface area contributed by atoms with E-state index in [1.54, 1.807) is 0 Å². The largest absolute Gasteiger partial charge is 0.335 e. The lowest BCUT2D eigenvalue weighted by atomic mass is 10.1. The molecule has 1 aliphatic rings. The second-order valence-electron chi connectivity index (χ2n) is 4.68. The lowest BCUT2D eigenvalue weighted by molar-refractivity contribution is 0.754. The molecule has 0 bridgehead atoms. The fraction of sp³-hybridized carbons (Fsp3) is 0.500. The Bertz CT molecular complexity index is 406. The number of benzene rings is 1. The average Bonchev–Trinajstić information content (AvgIpc) is 2.64. The molecule has 1 unspecified atom stereocenters. The zero-order valence-corrected chi connectivity index (χ0v) is 11.6. The molecule has 1 aromatic carbocycles. The summed E-state index contributed by atoms with van der Waals surface area (Å²) in [6, 6.07) is 6.53. The zero-order chi connectivity index (χ0) is 12.3. The van der Waals surface area contributed by atoms with Crippen LogP contribution in [0, 0.1) is 13.8 Å². The number of amidine groups is 1. The summed E-state index contributed by atoms with van der Waals surface area (Å²) in [6.07, 6.45) is 2.50. The molecule has 17 heavy (non-hydrogen) atoms. The summed E-state index contributed by atoms with van der Waals surface area (Å²) >= 11 is 1.88. The number of thioether (sulfide) groups is 1. The first-order valence-electron chi connectivity index (χ1n) is 6.24. The Balaban J connectivity index is 1.98. The second kappa shape index (κ2) is 5.58. The first kappa shape index (κ1) is 12.5. The number of rotatable bonds is 3. The molecule has 0 aromatic heterocycles. The minimum absolute atomic E-state index is 0.674. The lowest BCUT2D eigenvalue weighted by Gasteiger charge is -2.09. The van der Waals surface area contributed by atoms with Crippen molar-refractivity contribution in [1.29, 1.82) is 0 Å². The Morgan fingerprint density at radius 3 is 2.65 bits per heavy atom. The Kier molecular flexibility index (Phi) is 4.11. The van der Waals surface area contributed by atoms with Gasteiger partial charge in [0, 0.05) is 10.9 Å². The van der Waals surface area contributed by atoms with Gasteiger partial charge in [-0.3, -0.25) is 4.99 Å². The molecule has 1 aromatic rings. The van der Waals surface area contributed by atoms with Crippen LogP contribution >= 0.6 is 11.8 Å². The summed E-state index contributed by atoms with van der Waals surface area (Å²) in [5.41, 5.74) is 3.74. The molecule has 1 aliphatic heterocycles. The third-order valence-electron chi connectivity index (χ3n) is 2.80. The summed E-state index contributed by atoms with van der Waals surface area (Å²) in [6.45, 7) is 7.45. The maximum Gasteiger partial charge on any atom is 0.161 e. The van der Waals surface area contributed by atoms with Crippen LogP contribution in [0.5, 0.6) is 0 Å². The van der Waals surface area contributed by atoms with Crippen LogP contribution in [0.2, 0.25) is 0 Å². The fourth-order valence-electron chi connectivity index (χ4n) is 2.13. The van der Waals surface area contributed by atoms with Gasteiger partial charge in [0.25, 0.3) is 0 Å². The third-order valence-corrected chi connectivity index (χ3v) is 3.97. The van der Waals surface area contributed by atoms with Crippen molar-refractivity contribution in [2.75, 3.05) is 11.9 Å². The van der Waals surface area contributed by atoms with E-state index in [4.69, 9.17) is 0 Å². The molecule has 92 valence electrons. The number of aliphatic imine (C=N–C) groups is 1. The molecule has 0 radical (unpaired) electrons. The molecule has 0 fully saturated rings. The summed E-state index contributed by atoms with van der Waals surface area (Å²) in [5.74, 6) is 0. The van der Waals surface area contributed by atoms with Gasteiger partial charge in [-0.25, -0.2) is 0 Å². The zero-order valence-electron chi connectivity index (χ0n) is 10.8. The lowest BCUT2D eigenvalue weighted by Crippen LogP contribution is -2.07. The van der Waals surface area contributed by atoms with E-state index in [1.165, 1.54) is 24.0 Å². The van der Waals surface area contributed by atoms with Crippen LogP contribution in [0.15, 0.2) is 23.2 Å². The van der Waals surface area contributed by atoms with E-state index in [0.717, 1.165) is 17.4 Å². The molecule has 0 spiro atoms. The molecule has 3 heteroatoms. The van der Waals surface area contributed by atoms with Gasteiger partial charge in [0.05, 0.1) is 6.54 Å². The molecule has 0 amide bonds. The van der Waals surface area contributed by atoms with Crippen molar-refractivity contribution in [2.24, 2.45) is 4.99 Å². The smallest absolute Gasteiger partial charge is 0.161 e. The van der Waals surface area contributed by atoms with Gasteiger partial charge in [-0.1, -0.05) is 31.2 Å². The van der Waals surface area contributed by atoms with Crippen molar-refractivity contribution in [3.8, 4) is 0 Å². The van der Waals surface area contributed by atoms with E-state index in [-0.39, 0.29) is 0 Å². The highest BCUT2D eigenvalue weighted by Crippen LogP contribution is 2.26. The number of aryl methyl sites for hydroxylation is 2. The number of hydrogen-bond acceptors (Lipinski definition) is 3. The minimum atomic E-state index is 0.674. The summed E-state index contributed by atoms with van der Waals surface area (Å²) in [5, 5.41) is 5.18. The molecule has 1 heterocycles.